The number of anilines is 1. The van der Waals surface area contributed by atoms with Gasteiger partial charge >= 0.3 is 0 Å². The van der Waals surface area contributed by atoms with Crippen LogP contribution in [0.1, 0.15) is 40.6 Å². The summed E-state index contributed by atoms with van der Waals surface area (Å²) in [6.07, 6.45) is 1.75. The van der Waals surface area contributed by atoms with Crippen molar-refractivity contribution in [2.24, 2.45) is 7.05 Å². The first-order valence-electron chi connectivity index (χ1n) is 10.8. The monoisotopic (exact) mass is 465 g/mol. The second-order valence-electron chi connectivity index (χ2n) is 7.96. The minimum Gasteiger partial charge on any atom is -0.495 e. The van der Waals surface area contributed by atoms with Crippen LogP contribution in [0.2, 0.25) is 0 Å². The minimum atomic E-state index is -0.161. The van der Waals surface area contributed by atoms with Crippen LogP contribution in [0.15, 0.2) is 53.7 Å². The van der Waals surface area contributed by atoms with Gasteiger partial charge in [-0.1, -0.05) is 41.6 Å². The van der Waals surface area contributed by atoms with Gasteiger partial charge in [-0.25, -0.2) is 0 Å². The Balaban J connectivity index is 1.42. The molecule has 1 atom stereocenters. The summed E-state index contributed by atoms with van der Waals surface area (Å²) >= 11 is 1.31. The number of ether oxygens (including phenoxy) is 1. The number of aromatic nitrogens is 3. The molecule has 0 spiro atoms. The molecule has 1 fully saturated rings. The van der Waals surface area contributed by atoms with Crippen LogP contribution in [0.4, 0.5) is 5.69 Å². The first-order chi connectivity index (χ1) is 16.0. The minimum absolute atomic E-state index is 0.00888. The predicted octanol–water partition coefficient (Wildman–Crippen LogP) is 3.84. The average molecular weight is 466 g/mol. The first-order valence-corrected chi connectivity index (χ1v) is 11.8. The summed E-state index contributed by atoms with van der Waals surface area (Å²) in [6, 6.07) is 14.8. The van der Waals surface area contributed by atoms with E-state index in [1.54, 1.807) is 19.2 Å². The molecule has 0 saturated carbocycles. The van der Waals surface area contributed by atoms with E-state index >= 15 is 0 Å². The fraction of sp³-hybridized carbons (Fsp3) is 0.333. The van der Waals surface area contributed by atoms with Crippen molar-refractivity contribution in [1.29, 1.82) is 0 Å². The molecule has 0 bridgehead atoms. The Hall–Kier alpha value is -3.33. The van der Waals surface area contributed by atoms with E-state index in [0.29, 0.717) is 28.7 Å². The summed E-state index contributed by atoms with van der Waals surface area (Å²) in [6.45, 7) is 2.67. The van der Waals surface area contributed by atoms with Gasteiger partial charge in [0.25, 0.3) is 5.91 Å². The maximum absolute atomic E-state index is 13.1. The second kappa shape index (κ2) is 10.1. The van der Waals surface area contributed by atoms with Crippen molar-refractivity contribution in [3.63, 3.8) is 0 Å². The Morgan fingerprint density at radius 2 is 2.00 bits per heavy atom. The number of hydrogen-bond donors (Lipinski definition) is 1. The molecule has 33 heavy (non-hydrogen) atoms. The molecule has 1 saturated heterocycles. The molecule has 4 rings (SSSR count). The lowest BCUT2D eigenvalue weighted by Crippen LogP contribution is -2.32. The molecular weight excluding hydrogens is 438 g/mol. The lowest BCUT2D eigenvalue weighted by Gasteiger charge is -2.24. The molecule has 1 unspecified atom stereocenters. The van der Waals surface area contributed by atoms with Crippen molar-refractivity contribution in [1.82, 2.24) is 19.7 Å². The fourth-order valence-electron chi connectivity index (χ4n) is 4.03. The van der Waals surface area contributed by atoms with Crippen LogP contribution in [0.5, 0.6) is 5.75 Å². The number of carbonyl (C=O) groups is 2. The zero-order chi connectivity index (χ0) is 23.4. The molecule has 8 nitrogen and oxygen atoms in total. The molecule has 2 amide bonds. The van der Waals surface area contributed by atoms with Crippen LogP contribution in [-0.2, 0) is 11.8 Å². The number of benzene rings is 2. The van der Waals surface area contributed by atoms with Crippen molar-refractivity contribution in [3.05, 3.63) is 65.5 Å². The van der Waals surface area contributed by atoms with Gasteiger partial charge in [0, 0.05) is 19.2 Å². The van der Waals surface area contributed by atoms with Gasteiger partial charge in [-0.2, -0.15) is 0 Å². The Morgan fingerprint density at radius 1 is 1.18 bits per heavy atom. The number of carbonyl (C=O) groups excluding carboxylic acids is 2. The van der Waals surface area contributed by atoms with Gasteiger partial charge in [0.1, 0.15) is 5.75 Å². The Bertz CT molecular complexity index is 1160. The molecule has 1 aliphatic rings. The summed E-state index contributed by atoms with van der Waals surface area (Å²) in [7, 11) is 3.44. The van der Waals surface area contributed by atoms with Crippen LogP contribution < -0.4 is 10.1 Å². The highest BCUT2D eigenvalue weighted by molar-refractivity contribution is 7.99. The van der Waals surface area contributed by atoms with Gasteiger partial charge in [-0.15, -0.1) is 10.2 Å². The highest BCUT2D eigenvalue weighted by Gasteiger charge is 2.34. The average Bonchev–Trinajstić information content (AvgIpc) is 3.44. The Labute approximate surface area is 197 Å². The third-order valence-corrected chi connectivity index (χ3v) is 6.68. The first kappa shape index (κ1) is 22.8. The Morgan fingerprint density at radius 3 is 2.79 bits per heavy atom. The van der Waals surface area contributed by atoms with Crippen molar-refractivity contribution in [2.75, 3.05) is 24.7 Å². The second-order valence-corrected chi connectivity index (χ2v) is 8.91. The number of likely N-dealkylation sites (tertiary alicyclic amines) is 1. The number of aryl methyl sites for hydroxylation is 1. The van der Waals surface area contributed by atoms with E-state index in [2.05, 4.69) is 15.5 Å². The molecule has 1 N–H and O–H groups in total. The summed E-state index contributed by atoms with van der Waals surface area (Å²) in [5.74, 6) is 1.37. The Kier molecular flexibility index (Phi) is 6.98. The van der Waals surface area contributed by atoms with Gasteiger partial charge in [0.15, 0.2) is 11.0 Å². The molecule has 1 aromatic heterocycles. The molecule has 1 aliphatic heterocycles. The van der Waals surface area contributed by atoms with Crippen molar-refractivity contribution < 1.29 is 14.3 Å². The van der Waals surface area contributed by atoms with Crippen LogP contribution in [0.25, 0.3) is 0 Å². The molecule has 9 heteroatoms. The van der Waals surface area contributed by atoms with Crippen molar-refractivity contribution >= 4 is 29.3 Å². The number of amides is 2. The van der Waals surface area contributed by atoms with E-state index in [1.165, 1.54) is 11.8 Å². The van der Waals surface area contributed by atoms with E-state index in [4.69, 9.17) is 4.74 Å². The largest absolute Gasteiger partial charge is 0.495 e. The van der Waals surface area contributed by atoms with Crippen LogP contribution in [0.3, 0.4) is 0 Å². The van der Waals surface area contributed by atoms with Crippen LogP contribution in [-0.4, -0.2) is 50.9 Å². The summed E-state index contributed by atoms with van der Waals surface area (Å²) in [5.41, 5.74) is 2.37. The SMILES string of the molecule is COc1ccccc1NC(=O)CSc1nnc(C2CCCN2C(=O)c2cccc(C)c2)n1C. The lowest BCUT2D eigenvalue weighted by molar-refractivity contribution is -0.113. The van der Waals surface area contributed by atoms with Gasteiger partial charge in [0.05, 0.1) is 24.6 Å². The van der Waals surface area contributed by atoms with Crippen molar-refractivity contribution in [3.8, 4) is 5.75 Å². The molecule has 172 valence electrons. The topological polar surface area (TPSA) is 89.3 Å². The zero-order valence-electron chi connectivity index (χ0n) is 18.9. The number of thioether (sulfide) groups is 1. The van der Waals surface area contributed by atoms with E-state index in [1.807, 2.05) is 59.8 Å². The predicted molar refractivity (Wildman–Crippen MR) is 128 cm³/mol. The van der Waals surface area contributed by atoms with Gasteiger partial charge in [-0.05, 0) is 44.0 Å². The standard InChI is InChI=1S/C24H27N5O3S/c1-16-8-6-9-17(14-16)23(31)29-13-7-11-19(29)22-26-27-24(28(22)2)33-15-21(30)25-18-10-4-5-12-20(18)32-3/h4-6,8-10,12,14,19H,7,11,13,15H2,1-3H3,(H,25,30). The van der Waals surface area contributed by atoms with E-state index in [9.17, 15) is 9.59 Å². The summed E-state index contributed by atoms with van der Waals surface area (Å²) < 4.78 is 7.16. The summed E-state index contributed by atoms with van der Waals surface area (Å²) in [4.78, 5) is 27.5. The lowest BCUT2D eigenvalue weighted by atomic mass is 10.1. The van der Waals surface area contributed by atoms with Gasteiger partial charge in [0.2, 0.25) is 5.91 Å². The molecule has 3 aromatic rings. The highest BCUT2D eigenvalue weighted by atomic mass is 32.2. The van der Waals surface area contributed by atoms with Gasteiger partial charge in [-0.3, -0.25) is 9.59 Å². The third kappa shape index (κ3) is 5.03. The van der Waals surface area contributed by atoms with Gasteiger partial charge < -0.3 is 19.5 Å². The molecule has 2 aromatic carbocycles. The molecule has 2 heterocycles. The van der Waals surface area contributed by atoms with Crippen LogP contribution >= 0.6 is 11.8 Å². The summed E-state index contributed by atoms with van der Waals surface area (Å²) in [5, 5.41) is 12.2. The van der Waals surface area contributed by atoms with E-state index in [0.717, 1.165) is 24.2 Å². The number of nitrogens with one attached hydrogen (secondary N) is 1. The number of nitrogens with zero attached hydrogens (tertiary/aromatic N) is 4. The number of rotatable bonds is 7. The maximum atomic E-state index is 13.1. The fourth-order valence-corrected chi connectivity index (χ4v) is 4.75. The number of hydrogen-bond acceptors (Lipinski definition) is 6. The number of para-hydroxylation sites is 2. The van der Waals surface area contributed by atoms with Crippen LogP contribution in [0, 0.1) is 6.92 Å². The smallest absolute Gasteiger partial charge is 0.254 e. The van der Waals surface area contributed by atoms with E-state index < -0.39 is 0 Å². The molecular formula is C24H27N5O3S. The molecule has 0 radical (unpaired) electrons. The zero-order valence-corrected chi connectivity index (χ0v) is 19.8. The van der Waals surface area contributed by atoms with Crippen molar-refractivity contribution in [2.45, 2.75) is 31.0 Å². The maximum Gasteiger partial charge on any atom is 0.254 e. The number of methoxy groups -OCH3 is 1. The van der Waals surface area contributed by atoms with E-state index in [-0.39, 0.29) is 23.6 Å². The molecule has 0 aliphatic carbocycles. The highest BCUT2D eigenvalue weighted by Crippen LogP contribution is 2.33. The normalized spacial score (nSPS) is 15.5. The quantitative estimate of drug-likeness (QED) is 0.534. The third-order valence-electron chi connectivity index (χ3n) is 5.66.